The van der Waals surface area contributed by atoms with Gasteiger partial charge in [0.1, 0.15) is 0 Å². The van der Waals surface area contributed by atoms with Gasteiger partial charge >= 0.3 is 5.97 Å². The number of aryl methyl sites for hydroxylation is 1. The van der Waals surface area contributed by atoms with Crippen LogP contribution in [0.3, 0.4) is 0 Å². The van der Waals surface area contributed by atoms with E-state index in [9.17, 15) is 9.59 Å². The van der Waals surface area contributed by atoms with Crippen molar-refractivity contribution in [2.75, 3.05) is 13.2 Å². The summed E-state index contributed by atoms with van der Waals surface area (Å²) < 4.78 is 7.25. The van der Waals surface area contributed by atoms with Gasteiger partial charge in [0, 0.05) is 31.2 Å². The van der Waals surface area contributed by atoms with Crippen molar-refractivity contribution in [3.8, 4) is 5.69 Å². The van der Waals surface area contributed by atoms with Gasteiger partial charge in [-0.2, -0.15) is 0 Å². The van der Waals surface area contributed by atoms with Gasteiger partial charge in [-0.05, 0) is 54.3 Å². The summed E-state index contributed by atoms with van der Waals surface area (Å²) in [5, 5.41) is 0. The molecule has 0 saturated carbocycles. The van der Waals surface area contributed by atoms with Crippen LogP contribution in [0.4, 0.5) is 0 Å². The number of nitrogens with zero attached hydrogens (tertiary/aromatic N) is 2. The van der Waals surface area contributed by atoms with Crippen molar-refractivity contribution in [2.45, 2.75) is 19.9 Å². The van der Waals surface area contributed by atoms with Crippen LogP contribution in [0.1, 0.15) is 27.0 Å². The van der Waals surface area contributed by atoms with Crippen LogP contribution in [0.5, 0.6) is 0 Å². The van der Waals surface area contributed by atoms with Gasteiger partial charge in [0.25, 0.3) is 5.91 Å². The second-order valence-electron chi connectivity index (χ2n) is 7.00. The van der Waals surface area contributed by atoms with Gasteiger partial charge in [-0.1, -0.05) is 30.3 Å². The molecule has 5 nitrogen and oxygen atoms in total. The number of carbonyl (C=O) groups excluding carboxylic acids is 2. The molecule has 1 aliphatic rings. The number of hydrogen-bond acceptors (Lipinski definition) is 3. The predicted octanol–water partition coefficient (Wildman–Crippen LogP) is 3.53. The van der Waals surface area contributed by atoms with Crippen molar-refractivity contribution in [2.24, 2.45) is 0 Å². The Hall–Kier alpha value is -3.34. The average molecular weight is 374 g/mol. The van der Waals surface area contributed by atoms with Gasteiger partial charge < -0.3 is 14.2 Å². The fourth-order valence-corrected chi connectivity index (χ4v) is 3.52. The molecule has 0 unspecified atom stereocenters. The third-order valence-electron chi connectivity index (χ3n) is 5.14. The molecule has 1 aromatic heterocycles. The maximum Gasteiger partial charge on any atom is 0.338 e. The van der Waals surface area contributed by atoms with Gasteiger partial charge in [0.05, 0.1) is 5.56 Å². The summed E-state index contributed by atoms with van der Waals surface area (Å²) in [5.74, 6) is -0.653. The molecule has 3 aromatic rings. The number of carbonyl (C=O) groups is 2. The average Bonchev–Trinajstić information content (AvgIpc) is 3.26. The summed E-state index contributed by atoms with van der Waals surface area (Å²) in [6.45, 7) is 2.96. The Morgan fingerprint density at radius 2 is 1.75 bits per heavy atom. The summed E-state index contributed by atoms with van der Waals surface area (Å²) in [4.78, 5) is 26.7. The largest absolute Gasteiger partial charge is 0.452 e. The lowest BCUT2D eigenvalue weighted by Gasteiger charge is -2.28. The molecule has 0 atom stereocenters. The highest BCUT2D eigenvalue weighted by molar-refractivity contribution is 5.92. The lowest BCUT2D eigenvalue weighted by Crippen LogP contribution is -2.38. The molecule has 0 saturated heterocycles. The number of fused-ring (bicyclic) bond motifs is 1. The van der Waals surface area contributed by atoms with Crippen molar-refractivity contribution < 1.29 is 14.3 Å². The first-order valence-corrected chi connectivity index (χ1v) is 9.37. The van der Waals surface area contributed by atoms with E-state index in [1.54, 1.807) is 17.0 Å². The minimum Gasteiger partial charge on any atom is -0.452 e. The van der Waals surface area contributed by atoms with Crippen molar-refractivity contribution in [3.05, 3.63) is 89.2 Å². The summed E-state index contributed by atoms with van der Waals surface area (Å²) in [6.07, 6.45) is 4.68. The number of aromatic nitrogens is 1. The topological polar surface area (TPSA) is 51.5 Å². The summed E-state index contributed by atoms with van der Waals surface area (Å²) in [5.41, 5.74) is 4.84. The standard InChI is InChI=1S/C23H22N2O3/c1-17-8-9-19(14-21(17)24-11-4-5-12-24)23(27)28-16-22(26)25-13-10-18-6-2-3-7-20(18)15-25/h2-9,11-12,14H,10,13,15-16H2,1H3. The van der Waals surface area contributed by atoms with E-state index < -0.39 is 5.97 Å². The van der Waals surface area contributed by atoms with Crippen LogP contribution >= 0.6 is 0 Å². The van der Waals surface area contributed by atoms with Crippen LogP contribution < -0.4 is 0 Å². The number of hydrogen-bond donors (Lipinski definition) is 0. The Balaban J connectivity index is 1.40. The lowest BCUT2D eigenvalue weighted by molar-refractivity contribution is -0.135. The summed E-state index contributed by atoms with van der Waals surface area (Å²) >= 11 is 0. The monoisotopic (exact) mass is 374 g/mol. The number of ether oxygens (including phenoxy) is 1. The highest BCUT2D eigenvalue weighted by Crippen LogP contribution is 2.19. The molecule has 4 rings (SSSR count). The Morgan fingerprint density at radius 3 is 2.54 bits per heavy atom. The van der Waals surface area contributed by atoms with E-state index >= 15 is 0 Å². The van der Waals surface area contributed by atoms with Crippen molar-refractivity contribution in [1.29, 1.82) is 0 Å². The quantitative estimate of drug-likeness (QED) is 0.657. The number of rotatable bonds is 4. The highest BCUT2D eigenvalue weighted by atomic mass is 16.5. The maximum absolute atomic E-state index is 12.5. The van der Waals surface area contributed by atoms with Gasteiger partial charge in [0.2, 0.25) is 0 Å². The second kappa shape index (κ2) is 7.72. The second-order valence-corrected chi connectivity index (χ2v) is 7.00. The van der Waals surface area contributed by atoms with Crippen LogP contribution in [0.2, 0.25) is 0 Å². The molecule has 2 heterocycles. The zero-order valence-corrected chi connectivity index (χ0v) is 15.8. The number of esters is 1. The molecule has 142 valence electrons. The zero-order chi connectivity index (χ0) is 19.5. The molecule has 0 spiro atoms. The Bertz CT molecular complexity index is 1010. The Labute approximate surface area is 164 Å². The van der Waals surface area contributed by atoms with E-state index in [-0.39, 0.29) is 12.5 Å². The van der Waals surface area contributed by atoms with E-state index in [2.05, 4.69) is 6.07 Å². The van der Waals surface area contributed by atoms with Crippen LogP contribution in [0.25, 0.3) is 5.69 Å². The first-order valence-electron chi connectivity index (χ1n) is 9.37. The molecular formula is C23H22N2O3. The van der Waals surface area contributed by atoms with Gasteiger partial charge in [-0.3, -0.25) is 4.79 Å². The third kappa shape index (κ3) is 3.69. The van der Waals surface area contributed by atoms with E-state index in [0.29, 0.717) is 18.7 Å². The number of benzene rings is 2. The van der Waals surface area contributed by atoms with E-state index in [0.717, 1.165) is 23.2 Å². The first kappa shape index (κ1) is 18.0. The third-order valence-corrected chi connectivity index (χ3v) is 5.14. The Morgan fingerprint density at radius 1 is 1.00 bits per heavy atom. The van der Waals surface area contributed by atoms with E-state index in [1.165, 1.54) is 5.56 Å². The van der Waals surface area contributed by atoms with Gasteiger partial charge in [-0.25, -0.2) is 4.79 Å². The Kier molecular flexibility index (Phi) is 4.98. The molecule has 2 aromatic carbocycles. The van der Waals surface area contributed by atoms with Crippen molar-refractivity contribution in [1.82, 2.24) is 9.47 Å². The van der Waals surface area contributed by atoms with Crippen LogP contribution in [-0.2, 0) is 22.5 Å². The predicted molar refractivity (Wildman–Crippen MR) is 106 cm³/mol. The van der Waals surface area contributed by atoms with Crippen LogP contribution in [-0.4, -0.2) is 34.5 Å². The molecule has 0 N–H and O–H groups in total. The number of amides is 1. The molecule has 0 radical (unpaired) electrons. The van der Waals surface area contributed by atoms with Crippen LogP contribution in [0, 0.1) is 6.92 Å². The zero-order valence-electron chi connectivity index (χ0n) is 15.8. The normalized spacial score (nSPS) is 13.1. The van der Waals surface area contributed by atoms with E-state index in [4.69, 9.17) is 4.74 Å². The highest BCUT2D eigenvalue weighted by Gasteiger charge is 2.21. The van der Waals surface area contributed by atoms with Crippen LogP contribution in [0.15, 0.2) is 67.0 Å². The van der Waals surface area contributed by atoms with Crippen molar-refractivity contribution >= 4 is 11.9 Å². The molecule has 1 aliphatic heterocycles. The maximum atomic E-state index is 12.5. The molecule has 0 aliphatic carbocycles. The minimum absolute atomic E-state index is 0.166. The fraction of sp³-hybridized carbons (Fsp3) is 0.217. The molecule has 5 heteroatoms. The van der Waals surface area contributed by atoms with Gasteiger partial charge in [-0.15, -0.1) is 0 Å². The lowest BCUT2D eigenvalue weighted by atomic mass is 10.00. The molecule has 28 heavy (non-hydrogen) atoms. The molecule has 1 amide bonds. The minimum atomic E-state index is -0.487. The molecule has 0 bridgehead atoms. The first-order chi connectivity index (χ1) is 13.6. The molecular weight excluding hydrogens is 352 g/mol. The summed E-state index contributed by atoms with van der Waals surface area (Å²) in [6, 6.07) is 17.4. The van der Waals surface area contributed by atoms with Crippen molar-refractivity contribution in [3.63, 3.8) is 0 Å². The summed E-state index contributed by atoms with van der Waals surface area (Å²) in [7, 11) is 0. The van der Waals surface area contributed by atoms with E-state index in [1.807, 2.05) is 60.3 Å². The SMILES string of the molecule is Cc1ccc(C(=O)OCC(=O)N2CCc3ccccc3C2)cc1-n1cccc1. The smallest absolute Gasteiger partial charge is 0.338 e. The fourth-order valence-electron chi connectivity index (χ4n) is 3.52. The molecule has 0 fully saturated rings. The van der Waals surface area contributed by atoms with Gasteiger partial charge in [0.15, 0.2) is 6.61 Å².